The number of hydrogen-bond donors (Lipinski definition) is 1. The van der Waals surface area contributed by atoms with E-state index in [-0.39, 0.29) is 11.9 Å². The molecule has 0 saturated heterocycles. The van der Waals surface area contributed by atoms with Gasteiger partial charge in [0, 0.05) is 38.4 Å². The van der Waals surface area contributed by atoms with Crippen LogP contribution in [0.4, 0.5) is 0 Å². The first-order chi connectivity index (χ1) is 9.93. The van der Waals surface area contributed by atoms with Crippen molar-refractivity contribution in [2.75, 3.05) is 5.88 Å². The van der Waals surface area contributed by atoms with Crippen molar-refractivity contribution < 1.29 is 4.79 Å². The van der Waals surface area contributed by atoms with Crippen LogP contribution in [0.15, 0.2) is 0 Å². The second-order valence-electron chi connectivity index (χ2n) is 5.47. The van der Waals surface area contributed by atoms with Crippen LogP contribution in [0.2, 0.25) is 0 Å². The zero-order valence-electron chi connectivity index (χ0n) is 13.0. The van der Waals surface area contributed by atoms with Crippen molar-refractivity contribution in [3.63, 3.8) is 0 Å². The van der Waals surface area contributed by atoms with E-state index in [2.05, 4.69) is 20.0 Å². The summed E-state index contributed by atoms with van der Waals surface area (Å²) in [7, 11) is 1.90. The van der Waals surface area contributed by atoms with Gasteiger partial charge in [0.05, 0.1) is 5.69 Å². The molecule has 2 heterocycles. The molecule has 1 amide bonds. The van der Waals surface area contributed by atoms with Crippen LogP contribution in [0.3, 0.4) is 0 Å². The molecule has 0 bridgehead atoms. The minimum atomic E-state index is 0.0440. The van der Waals surface area contributed by atoms with Gasteiger partial charge in [-0.2, -0.15) is 5.10 Å². The predicted molar refractivity (Wildman–Crippen MR) is 83.6 cm³/mol. The molecule has 0 atom stereocenters. The Labute approximate surface area is 129 Å². The molecule has 21 heavy (non-hydrogen) atoms. The molecule has 2 aromatic rings. The molecule has 1 N–H and O–H groups in total. The van der Waals surface area contributed by atoms with Crippen molar-refractivity contribution in [2.45, 2.75) is 46.2 Å². The Bertz CT molecular complexity index is 643. The molecule has 7 heteroatoms. The molecule has 2 rings (SSSR count). The van der Waals surface area contributed by atoms with Crippen molar-refractivity contribution >= 4 is 28.7 Å². The summed E-state index contributed by atoms with van der Waals surface area (Å²) < 4.78 is 3.87. The summed E-state index contributed by atoms with van der Waals surface area (Å²) in [6.07, 6.45) is 1.10. The molecular formula is C14H22ClN5O. The standard InChI is InChI=1S/C14H22ClN5O/c1-9(2)16-12(21)6-8-20-11(5-7-15)17-13-10(3)18-19(4)14(13)20/h9H,5-8H2,1-4H3,(H,16,21). The fourth-order valence-electron chi connectivity index (χ4n) is 2.50. The Morgan fingerprint density at radius 3 is 2.76 bits per heavy atom. The van der Waals surface area contributed by atoms with Gasteiger partial charge in [-0.15, -0.1) is 11.6 Å². The maximum atomic E-state index is 11.9. The van der Waals surface area contributed by atoms with E-state index in [0.29, 0.717) is 25.3 Å². The molecule has 0 aromatic carbocycles. The monoisotopic (exact) mass is 311 g/mol. The fourth-order valence-corrected chi connectivity index (χ4v) is 2.67. The number of halogens is 1. The fraction of sp³-hybridized carbons (Fsp3) is 0.643. The van der Waals surface area contributed by atoms with E-state index in [1.54, 1.807) is 0 Å². The first kappa shape index (κ1) is 15.8. The Kier molecular flexibility index (Phi) is 4.88. The van der Waals surface area contributed by atoms with Crippen LogP contribution in [0.25, 0.3) is 11.2 Å². The first-order valence-electron chi connectivity index (χ1n) is 7.18. The number of carbonyl (C=O) groups excluding carboxylic acids is 1. The van der Waals surface area contributed by atoms with Crippen LogP contribution in [0, 0.1) is 6.92 Å². The van der Waals surface area contributed by atoms with E-state index in [0.717, 1.165) is 22.7 Å². The molecular weight excluding hydrogens is 290 g/mol. The van der Waals surface area contributed by atoms with Gasteiger partial charge in [-0.3, -0.25) is 9.48 Å². The number of imidazole rings is 1. The minimum Gasteiger partial charge on any atom is -0.354 e. The lowest BCUT2D eigenvalue weighted by atomic mass is 10.3. The third kappa shape index (κ3) is 3.37. The van der Waals surface area contributed by atoms with Crippen LogP contribution in [0.5, 0.6) is 0 Å². The average molecular weight is 312 g/mol. The maximum absolute atomic E-state index is 11.9. The van der Waals surface area contributed by atoms with Crippen molar-refractivity contribution in [2.24, 2.45) is 7.05 Å². The summed E-state index contributed by atoms with van der Waals surface area (Å²) in [6.45, 7) is 6.43. The Morgan fingerprint density at radius 1 is 1.43 bits per heavy atom. The van der Waals surface area contributed by atoms with Crippen molar-refractivity contribution in [3.05, 3.63) is 11.5 Å². The van der Waals surface area contributed by atoms with Gasteiger partial charge in [0.2, 0.25) is 5.91 Å². The number of rotatable bonds is 6. The van der Waals surface area contributed by atoms with Gasteiger partial charge in [-0.05, 0) is 20.8 Å². The molecule has 0 radical (unpaired) electrons. The lowest BCUT2D eigenvalue weighted by Crippen LogP contribution is -2.30. The smallest absolute Gasteiger partial charge is 0.221 e. The molecule has 0 saturated carbocycles. The van der Waals surface area contributed by atoms with Crippen LogP contribution in [-0.2, 0) is 24.8 Å². The highest BCUT2D eigenvalue weighted by molar-refractivity contribution is 6.17. The van der Waals surface area contributed by atoms with Crippen molar-refractivity contribution in [3.8, 4) is 0 Å². The highest BCUT2D eigenvalue weighted by Gasteiger charge is 2.17. The topological polar surface area (TPSA) is 64.7 Å². The zero-order chi connectivity index (χ0) is 15.6. The van der Waals surface area contributed by atoms with Gasteiger partial charge in [-0.25, -0.2) is 4.98 Å². The highest BCUT2D eigenvalue weighted by Crippen LogP contribution is 2.20. The third-order valence-corrected chi connectivity index (χ3v) is 3.49. The molecule has 0 aliphatic rings. The highest BCUT2D eigenvalue weighted by atomic mass is 35.5. The molecule has 6 nitrogen and oxygen atoms in total. The zero-order valence-corrected chi connectivity index (χ0v) is 13.7. The number of fused-ring (bicyclic) bond motifs is 1. The second-order valence-corrected chi connectivity index (χ2v) is 5.85. The van der Waals surface area contributed by atoms with Gasteiger partial charge in [0.25, 0.3) is 0 Å². The number of aromatic nitrogens is 4. The van der Waals surface area contributed by atoms with E-state index in [1.807, 2.05) is 32.5 Å². The molecule has 2 aromatic heterocycles. The number of nitrogens with zero attached hydrogens (tertiary/aromatic N) is 4. The van der Waals surface area contributed by atoms with Crippen LogP contribution < -0.4 is 5.32 Å². The number of carbonyl (C=O) groups is 1. The summed E-state index contributed by atoms with van der Waals surface area (Å²) >= 11 is 5.86. The van der Waals surface area contributed by atoms with E-state index in [1.165, 1.54) is 0 Å². The summed E-state index contributed by atoms with van der Waals surface area (Å²) in [4.78, 5) is 16.5. The van der Waals surface area contributed by atoms with Crippen molar-refractivity contribution in [1.29, 1.82) is 0 Å². The van der Waals surface area contributed by atoms with Gasteiger partial charge in [-0.1, -0.05) is 0 Å². The summed E-state index contributed by atoms with van der Waals surface area (Å²) in [5, 5.41) is 7.29. The third-order valence-electron chi connectivity index (χ3n) is 3.30. The van der Waals surface area contributed by atoms with E-state index in [4.69, 9.17) is 11.6 Å². The second kappa shape index (κ2) is 6.47. The number of amides is 1. The molecule has 0 spiro atoms. The average Bonchev–Trinajstić information content (AvgIpc) is 2.86. The van der Waals surface area contributed by atoms with E-state index < -0.39 is 0 Å². The first-order valence-corrected chi connectivity index (χ1v) is 7.71. The molecule has 0 fully saturated rings. The number of nitrogens with one attached hydrogen (secondary N) is 1. The molecule has 0 aliphatic heterocycles. The predicted octanol–water partition coefficient (Wildman–Crippen LogP) is 1.77. The van der Waals surface area contributed by atoms with Gasteiger partial charge >= 0.3 is 0 Å². The largest absolute Gasteiger partial charge is 0.354 e. The van der Waals surface area contributed by atoms with Crippen molar-refractivity contribution in [1.82, 2.24) is 24.6 Å². The van der Waals surface area contributed by atoms with Crippen LogP contribution >= 0.6 is 11.6 Å². The van der Waals surface area contributed by atoms with Gasteiger partial charge in [0.1, 0.15) is 11.3 Å². The number of hydrogen-bond acceptors (Lipinski definition) is 3. The van der Waals surface area contributed by atoms with E-state index in [9.17, 15) is 4.79 Å². The normalized spacial score (nSPS) is 11.5. The van der Waals surface area contributed by atoms with E-state index >= 15 is 0 Å². The maximum Gasteiger partial charge on any atom is 0.221 e. The number of aryl methyl sites for hydroxylation is 4. The Hall–Kier alpha value is -1.56. The summed E-state index contributed by atoms with van der Waals surface area (Å²) in [5.41, 5.74) is 2.74. The van der Waals surface area contributed by atoms with Gasteiger partial charge < -0.3 is 9.88 Å². The molecule has 0 aliphatic carbocycles. The molecule has 116 valence electrons. The summed E-state index contributed by atoms with van der Waals surface area (Å²) in [5.74, 6) is 1.46. The number of alkyl halides is 1. The Morgan fingerprint density at radius 2 is 2.14 bits per heavy atom. The quantitative estimate of drug-likeness (QED) is 0.827. The molecule has 0 unspecified atom stereocenters. The van der Waals surface area contributed by atoms with Crippen LogP contribution in [0.1, 0.15) is 31.8 Å². The lowest BCUT2D eigenvalue weighted by molar-refractivity contribution is -0.121. The summed E-state index contributed by atoms with van der Waals surface area (Å²) in [6, 6.07) is 0.154. The minimum absolute atomic E-state index is 0.0440. The Balaban J connectivity index is 2.27. The van der Waals surface area contributed by atoms with Crippen LogP contribution in [-0.4, -0.2) is 37.2 Å². The van der Waals surface area contributed by atoms with Gasteiger partial charge in [0.15, 0.2) is 5.65 Å². The SMILES string of the molecule is Cc1nn(C)c2c1nc(CCCl)n2CCC(=O)NC(C)C. The lowest BCUT2D eigenvalue weighted by Gasteiger charge is -2.11.